The fraction of sp³-hybridized carbons (Fsp3) is 0.360. The van der Waals surface area contributed by atoms with Gasteiger partial charge in [0.25, 0.3) is 0 Å². The van der Waals surface area contributed by atoms with Crippen LogP contribution in [0.15, 0.2) is 36.4 Å². The van der Waals surface area contributed by atoms with Crippen molar-refractivity contribution in [3.8, 4) is 11.4 Å². The number of amides is 1. The molecule has 2 aliphatic rings. The quantitative estimate of drug-likeness (QED) is 0.499. The van der Waals surface area contributed by atoms with Crippen molar-refractivity contribution in [2.24, 2.45) is 0 Å². The van der Waals surface area contributed by atoms with Gasteiger partial charge in [0.05, 0.1) is 19.2 Å². The second kappa shape index (κ2) is 9.59. The Morgan fingerprint density at radius 1 is 1.21 bits per heavy atom. The van der Waals surface area contributed by atoms with Crippen molar-refractivity contribution in [1.82, 2.24) is 19.7 Å². The monoisotopic (exact) mass is 550 g/mol. The van der Waals surface area contributed by atoms with Gasteiger partial charge in [-0.15, -0.1) is 10.2 Å². The zero-order valence-electron chi connectivity index (χ0n) is 20.2. The van der Waals surface area contributed by atoms with E-state index in [0.717, 1.165) is 9.47 Å². The van der Waals surface area contributed by atoms with Crippen molar-refractivity contribution in [2.75, 3.05) is 13.7 Å². The van der Waals surface area contributed by atoms with Gasteiger partial charge in [-0.3, -0.25) is 9.36 Å². The maximum Gasteiger partial charge on any atom is 0.452 e. The number of fused-ring (bicyclic) bond motifs is 3. The number of carbonyl (C=O) groups excluding carboxylic acids is 1. The number of ether oxygens (including phenoxy) is 2. The number of carbonyl (C=O) groups is 2. The third-order valence-corrected chi connectivity index (χ3v) is 7.09. The van der Waals surface area contributed by atoms with Crippen LogP contribution in [-0.2, 0) is 20.5 Å². The number of aliphatic carboxylic acids is 1. The first-order valence-electron chi connectivity index (χ1n) is 11.6. The van der Waals surface area contributed by atoms with Gasteiger partial charge in [-0.25, -0.2) is 4.79 Å². The summed E-state index contributed by atoms with van der Waals surface area (Å²) in [6, 6.07) is 8.59. The molecular weight excluding hydrogens is 529 g/mol. The Labute approximate surface area is 219 Å². The number of carboxylic acids is 1. The minimum atomic E-state index is -4.87. The van der Waals surface area contributed by atoms with Gasteiger partial charge in [-0.2, -0.15) is 13.2 Å². The van der Waals surface area contributed by atoms with Gasteiger partial charge in [0.1, 0.15) is 24.0 Å². The molecule has 9 nitrogen and oxygen atoms in total. The number of hydrogen-bond acceptors (Lipinski definition) is 6. The number of benzene rings is 2. The molecule has 2 aliphatic heterocycles. The minimum Gasteiger partial charge on any atom is -0.496 e. The summed E-state index contributed by atoms with van der Waals surface area (Å²) in [6.07, 6.45) is -7.28. The van der Waals surface area contributed by atoms with Crippen molar-refractivity contribution in [2.45, 2.75) is 44.2 Å². The normalized spacial score (nSPS) is 20.7. The van der Waals surface area contributed by atoms with E-state index in [0.29, 0.717) is 22.4 Å². The summed E-state index contributed by atoms with van der Waals surface area (Å²) in [7, 11) is 1.50. The zero-order chi connectivity index (χ0) is 27.4. The van der Waals surface area contributed by atoms with E-state index >= 15 is 0 Å². The molecule has 0 radical (unpaired) electrons. The van der Waals surface area contributed by atoms with Crippen LogP contribution in [0.2, 0.25) is 5.02 Å². The molecule has 1 N–H and O–H groups in total. The van der Waals surface area contributed by atoms with Gasteiger partial charge in [-0.1, -0.05) is 23.7 Å². The van der Waals surface area contributed by atoms with Crippen LogP contribution < -0.4 is 4.74 Å². The summed E-state index contributed by atoms with van der Waals surface area (Å²) >= 11 is 6.29. The Bertz CT molecular complexity index is 1430. The highest BCUT2D eigenvalue weighted by Crippen LogP contribution is 2.45. The summed E-state index contributed by atoms with van der Waals surface area (Å²) in [5.74, 6) is -2.72. The van der Waals surface area contributed by atoms with Gasteiger partial charge in [0.2, 0.25) is 11.7 Å². The van der Waals surface area contributed by atoms with Crippen molar-refractivity contribution in [3.63, 3.8) is 0 Å². The predicted molar refractivity (Wildman–Crippen MR) is 127 cm³/mol. The summed E-state index contributed by atoms with van der Waals surface area (Å²) in [5.41, 5.74) is 1.67. The molecule has 0 saturated carbocycles. The Kier molecular flexibility index (Phi) is 6.56. The Morgan fingerprint density at radius 3 is 2.61 bits per heavy atom. The van der Waals surface area contributed by atoms with Crippen LogP contribution in [0.1, 0.15) is 53.4 Å². The average molecular weight is 551 g/mol. The number of hydrogen-bond donors (Lipinski definition) is 1. The van der Waals surface area contributed by atoms with Gasteiger partial charge in [-0.05, 0) is 48.7 Å². The minimum absolute atomic E-state index is 0.0938. The van der Waals surface area contributed by atoms with Crippen LogP contribution >= 0.6 is 11.6 Å². The number of aromatic nitrogens is 3. The lowest BCUT2D eigenvalue weighted by atomic mass is 9.95. The Morgan fingerprint density at radius 2 is 1.97 bits per heavy atom. The first-order valence-corrected chi connectivity index (χ1v) is 12.0. The molecular formula is C25H22ClF3N4O5. The molecule has 0 spiro atoms. The highest BCUT2D eigenvalue weighted by atomic mass is 35.5. The lowest BCUT2D eigenvalue weighted by Crippen LogP contribution is -2.55. The van der Waals surface area contributed by atoms with E-state index < -0.39 is 48.5 Å². The third kappa shape index (κ3) is 4.37. The van der Waals surface area contributed by atoms with Crippen molar-refractivity contribution in [3.05, 3.63) is 69.8 Å². The summed E-state index contributed by atoms with van der Waals surface area (Å²) < 4.78 is 54.9. The second-order valence-electron chi connectivity index (χ2n) is 9.03. The SMILES string of the molecule is COc1cccc([C@H]2O[C@H](CC(=O)N3CCC3C(=O)O)c3nnc(C(F)(F)F)n3-c3ccc(Cl)cc32)c1C. The molecule has 0 bridgehead atoms. The first kappa shape index (κ1) is 26.0. The van der Waals surface area contributed by atoms with E-state index in [9.17, 15) is 27.9 Å². The van der Waals surface area contributed by atoms with E-state index in [2.05, 4.69) is 10.2 Å². The maximum atomic E-state index is 14.1. The highest BCUT2D eigenvalue weighted by molar-refractivity contribution is 6.30. The summed E-state index contributed by atoms with van der Waals surface area (Å²) in [5, 5.41) is 16.8. The molecule has 3 aromatic rings. The van der Waals surface area contributed by atoms with Crippen LogP contribution in [0.25, 0.3) is 5.69 Å². The number of likely N-dealkylation sites (tertiary alicyclic amines) is 1. The average Bonchev–Trinajstić information content (AvgIpc) is 3.22. The van der Waals surface area contributed by atoms with Crippen LogP contribution in [-0.4, -0.2) is 56.3 Å². The van der Waals surface area contributed by atoms with Gasteiger partial charge < -0.3 is 19.5 Å². The number of alkyl halides is 3. The molecule has 3 heterocycles. The van der Waals surface area contributed by atoms with Crippen LogP contribution in [0.3, 0.4) is 0 Å². The van der Waals surface area contributed by atoms with Gasteiger partial charge >= 0.3 is 12.1 Å². The number of rotatable bonds is 5. The fourth-order valence-corrected chi connectivity index (χ4v) is 5.08. The molecule has 0 aliphatic carbocycles. The topological polar surface area (TPSA) is 107 Å². The molecule has 1 fully saturated rings. The molecule has 1 amide bonds. The van der Waals surface area contributed by atoms with E-state index in [4.69, 9.17) is 21.1 Å². The molecule has 200 valence electrons. The van der Waals surface area contributed by atoms with Crippen LogP contribution in [0.4, 0.5) is 13.2 Å². The van der Waals surface area contributed by atoms with Crippen molar-refractivity contribution < 1.29 is 37.3 Å². The van der Waals surface area contributed by atoms with Crippen LogP contribution in [0.5, 0.6) is 5.75 Å². The Hall–Kier alpha value is -3.64. The highest BCUT2D eigenvalue weighted by Gasteiger charge is 2.45. The molecule has 13 heteroatoms. The molecule has 1 aromatic heterocycles. The second-order valence-corrected chi connectivity index (χ2v) is 9.47. The van der Waals surface area contributed by atoms with Gasteiger partial charge in [0.15, 0.2) is 5.82 Å². The first-order chi connectivity index (χ1) is 18.0. The number of carboxylic acid groups (broad SMARTS) is 1. The lowest BCUT2D eigenvalue weighted by molar-refractivity contribution is -0.159. The number of nitrogens with zero attached hydrogens (tertiary/aromatic N) is 4. The summed E-state index contributed by atoms with van der Waals surface area (Å²) in [6.45, 7) is 2.00. The molecule has 2 aromatic carbocycles. The van der Waals surface area contributed by atoms with Crippen molar-refractivity contribution >= 4 is 23.5 Å². The lowest BCUT2D eigenvalue weighted by Gasteiger charge is -2.38. The van der Waals surface area contributed by atoms with E-state index in [1.807, 2.05) is 0 Å². The zero-order valence-corrected chi connectivity index (χ0v) is 21.0. The van der Waals surface area contributed by atoms with E-state index in [1.54, 1.807) is 25.1 Å². The fourth-order valence-electron chi connectivity index (χ4n) is 4.90. The molecule has 3 atom stereocenters. The molecule has 1 unspecified atom stereocenters. The smallest absolute Gasteiger partial charge is 0.452 e. The largest absolute Gasteiger partial charge is 0.496 e. The molecule has 38 heavy (non-hydrogen) atoms. The van der Waals surface area contributed by atoms with Gasteiger partial charge in [0, 0.05) is 17.1 Å². The summed E-state index contributed by atoms with van der Waals surface area (Å²) in [4.78, 5) is 25.8. The molecule has 1 saturated heterocycles. The van der Waals surface area contributed by atoms with E-state index in [-0.39, 0.29) is 29.5 Å². The van der Waals surface area contributed by atoms with Crippen molar-refractivity contribution in [1.29, 1.82) is 0 Å². The number of halogens is 4. The predicted octanol–water partition coefficient (Wildman–Crippen LogP) is 4.49. The maximum absolute atomic E-state index is 14.1. The molecule has 5 rings (SSSR count). The Balaban J connectivity index is 1.68. The number of methoxy groups -OCH3 is 1. The van der Waals surface area contributed by atoms with Crippen LogP contribution in [0, 0.1) is 6.92 Å². The standard InChI is InChI=1S/C25H22ClF3N4O5/c1-12-14(4-3-5-18(12)37-2)21-15-10-13(26)6-7-16(15)33-22(30-31-24(33)25(27,28)29)19(38-21)11-20(34)32-9-8-17(32)23(35)36/h3-7,10,17,19,21H,8-9,11H2,1-2H3,(H,35,36)/t17?,19-,21-/m1/s1. The third-order valence-electron chi connectivity index (χ3n) is 6.86. The van der Waals surface area contributed by atoms with E-state index in [1.165, 1.54) is 25.3 Å².